The molecule has 24 heavy (non-hydrogen) atoms. The fourth-order valence-electron chi connectivity index (χ4n) is 2.92. The van der Waals surface area contributed by atoms with Gasteiger partial charge in [-0.3, -0.25) is 9.59 Å². The van der Waals surface area contributed by atoms with Crippen LogP contribution in [-0.2, 0) is 0 Å². The zero-order chi connectivity index (χ0) is 17.1. The second kappa shape index (κ2) is 6.86. The summed E-state index contributed by atoms with van der Waals surface area (Å²) in [6.45, 7) is 3.83. The van der Waals surface area contributed by atoms with Crippen LogP contribution in [0.5, 0.6) is 0 Å². The molecule has 2 heterocycles. The Morgan fingerprint density at radius 3 is 2.25 bits per heavy atom. The van der Waals surface area contributed by atoms with Crippen molar-refractivity contribution in [3.8, 4) is 0 Å². The number of aromatic amines is 1. The molecule has 1 aromatic heterocycles. The number of aromatic nitrogens is 1. The van der Waals surface area contributed by atoms with Gasteiger partial charge in [-0.2, -0.15) is 0 Å². The lowest BCUT2D eigenvalue weighted by molar-refractivity contribution is 0.0719. The highest BCUT2D eigenvalue weighted by atomic mass is 19.1. The van der Waals surface area contributed by atoms with Gasteiger partial charge < -0.3 is 14.8 Å². The lowest BCUT2D eigenvalue weighted by Crippen LogP contribution is -2.37. The van der Waals surface area contributed by atoms with Gasteiger partial charge in [0, 0.05) is 44.1 Å². The van der Waals surface area contributed by atoms with Crippen LogP contribution < -0.4 is 0 Å². The molecule has 1 aliphatic rings. The van der Waals surface area contributed by atoms with Gasteiger partial charge in [0.25, 0.3) is 11.8 Å². The molecule has 0 unspecified atom stereocenters. The number of benzene rings is 1. The lowest BCUT2D eigenvalue weighted by Gasteiger charge is -2.22. The van der Waals surface area contributed by atoms with Gasteiger partial charge in [-0.15, -0.1) is 0 Å². The van der Waals surface area contributed by atoms with Crippen LogP contribution in [0.2, 0.25) is 0 Å². The fraction of sp³-hybridized carbons (Fsp3) is 0.333. The summed E-state index contributed by atoms with van der Waals surface area (Å²) in [5.74, 6) is -0.456. The number of hydrogen-bond donors (Lipinski definition) is 1. The van der Waals surface area contributed by atoms with E-state index in [1.807, 2.05) is 0 Å². The quantitative estimate of drug-likeness (QED) is 0.920. The molecule has 6 heteroatoms. The minimum Gasteiger partial charge on any atom is -0.367 e. The summed E-state index contributed by atoms with van der Waals surface area (Å²) in [5.41, 5.74) is 1.57. The number of H-pyrrole nitrogens is 1. The first-order chi connectivity index (χ1) is 11.6. The standard InChI is InChI=1S/C18H20FN3O2/c1-13-11-14(3-4-16(13)19)17(23)21-7-2-8-22(10-9-21)18(24)15-5-6-20-12-15/h3-6,11-12,20H,2,7-10H2,1H3. The monoisotopic (exact) mass is 329 g/mol. The van der Waals surface area contributed by atoms with Crippen LogP contribution in [0.1, 0.15) is 32.7 Å². The van der Waals surface area contributed by atoms with Crippen LogP contribution in [-0.4, -0.2) is 52.8 Å². The van der Waals surface area contributed by atoms with Crippen molar-refractivity contribution in [1.82, 2.24) is 14.8 Å². The first-order valence-corrected chi connectivity index (χ1v) is 8.04. The summed E-state index contributed by atoms with van der Waals surface area (Å²) >= 11 is 0. The number of hydrogen-bond acceptors (Lipinski definition) is 2. The third kappa shape index (κ3) is 3.32. The van der Waals surface area contributed by atoms with Gasteiger partial charge in [0.1, 0.15) is 5.82 Å². The third-order valence-electron chi connectivity index (χ3n) is 4.32. The highest BCUT2D eigenvalue weighted by Crippen LogP contribution is 2.14. The molecule has 0 spiro atoms. The largest absolute Gasteiger partial charge is 0.367 e. The topological polar surface area (TPSA) is 56.4 Å². The smallest absolute Gasteiger partial charge is 0.255 e. The second-order valence-corrected chi connectivity index (χ2v) is 6.00. The average Bonchev–Trinajstić information content (AvgIpc) is 3.00. The normalized spacial score (nSPS) is 15.2. The Morgan fingerprint density at radius 2 is 1.67 bits per heavy atom. The second-order valence-electron chi connectivity index (χ2n) is 6.00. The van der Waals surface area contributed by atoms with Crippen molar-refractivity contribution in [3.63, 3.8) is 0 Å². The van der Waals surface area contributed by atoms with Gasteiger partial charge in [0.2, 0.25) is 0 Å². The van der Waals surface area contributed by atoms with Gasteiger partial charge in [0.05, 0.1) is 5.56 Å². The zero-order valence-electron chi connectivity index (χ0n) is 13.6. The van der Waals surface area contributed by atoms with E-state index in [0.29, 0.717) is 42.9 Å². The SMILES string of the molecule is Cc1cc(C(=O)N2CCCN(C(=O)c3cc[nH]c3)CC2)ccc1F. The number of carbonyl (C=O) groups is 2. The first kappa shape index (κ1) is 16.2. The van der Waals surface area contributed by atoms with E-state index in [9.17, 15) is 14.0 Å². The predicted molar refractivity (Wildman–Crippen MR) is 88.4 cm³/mol. The Hall–Kier alpha value is -2.63. The van der Waals surface area contributed by atoms with E-state index < -0.39 is 0 Å². The van der Waals surface area contributed by atoms with Crippen LogP contribution in [0.25, 0.3) is 0 Å². The Balaban J connectivity index is 1.67. The number of aryl methyl sites for hydroxylation is 1. The van der Waals surface area contributed by atoms with Crippen molar-refractivity contribution in [3.05, 3.63) is 59.2 Å². The Morgan fingerprint density at radius 1 is 1.00 bits per heavy atom. The molecular weight excluding hydrogens is 309 g/mol. The molecule has 1 saturated heterocycles. The number of nitrogens with one attached hydrogen (secondary N) is 1. The maximum atomic E-state index is 13.4. The van der Waals surface area contributed by atoms with E-state index in [1.165, 1.54) is 12.1 Å². The molecule has 1 N–H and O–H groups in total. The molecule has 5 nitrogen and oxygen atoms in total. The fourth-order valence-corrected chi connectivity index (χ4v) is 2.92. The number of halogens is 1. The minimum absolute atomic E-state index is 0.0248. The molecule has 2 aromatic rings. The number of amides is 2. The molecule has 1 fully saturated rings. The molecular formula is C18H20FN3O2. The van der Waals surface area contributed by atoms with Crippen molar-refractivity contribution in [2.75, 3.05) is 26.2 Å². The predicted octanol–water partition coefficient (Wildman–Crippen LogP) is 2.45. The highest BCUT2D eigenvalue weighted by Gasteiger charge is 2.23. The molecule has 0 radical (unpaired) electrons. The summed E-state index contributed by atoms with van der Waals surface area (Å²) in [5, 5.41) is 0. The van der Waals surface area contributed by atoms with Gasteiger partial charge >= 0.3 is 0 Å². The van der Waals surface area contributed by atoms with Crippen LogP contribution in [0.15, 0.2) is 36.7 Å². The van der Waals surface area contributed by atoms with Crippen molar-refractivity contribution >= 4 is 11.8 Å². The van der Waals surface area contributed by atoms with Gasteiger partial charge in [-0.05, 0) is 43.2 Å². The summed E-state index contributed by atoms with van der Waals surface area (Å²) in [4.78, 5) is 31.4. The van der Waals surface area contributed by atoms with E-state index in [4.69, 9.17) is 0 Å². The van der Waals surface area contributed by atoms with E-state index in [-0.39, 0.29) is 17.6 Å². The van der Waals surface area contributed by atoms with Gasteiger partial charge in [-0.25, -0.2) is 4.39 Å². The van der Waals surface area contributed by atoms with E-state index in [2.05, 4.69) is 4.98 Å². The van der Waals surface area contributed by atoms with Crippen LogP contribution in [0, 0.1) is 12.7 Å². The minimum atomic E-state index is -0.314. The average molecular weight is 329 g/mol. The maximum Gasteiger partial charge on any atom is 0.255 e. The molecule has 0 bridgehead atoms. The molecule has 2 amide bonds. The number of nitrogens with zero attached hydrogens (tertiary/aromatic N) is 2. The van der Waals surface area contributed by atoms with Crippen LogP contribution in [0.4, 0.5) is 4.39 Å². The Kier molecular flexibility index (Phi) is 4.64. The molecule has 1 aromatic carbocycles. The van der Waals surface area contributed by atoms with Crippen molar-refractivity contribution in [2.24, 2.45) is 0 Å². The summed E-state index contributed by atoms with van der Waals surface area (Å²) < 4.78 is 13.4. The van der Waals surface area contributed by atoms with Gasteiger partial charge in [-0.1, -0.05) is 0 Å². The zero-order valence-corrected chi connectivity index (χ0v) is 13.6. The third-order valence-corrected chi connectivity index (χ3v) is 4.32. The molecule has 0 aliphatic carbocycles. The van der Waals surface area contributed by atoms with Crippen molar-refractivity contribution < 1.29 is 14.0 Å². The molecule has 3 rings (SSSR count). The Labute approximate surface area is 140 Å². The van der Waals surface area contributed by atoms with Crippen LogP contribution in [0.3, 0.4) is 0 Å². The first-order valence-electron chi connectivity index (χ1n) is 8.04. The van der Waals surface area contributed by atoms with E-state index in [0.717, 1.165) is 6.42 Å². The van der Waals surface area contributed by atoms with E-state index in [1.54, 1.807) is 41.2 Å². The molecule has 0 saturated carbocycles. The van der Waals surface area contributed by atoms with Gasteiger partial charge in [0.15, 0.2) is 0 Å². The summed E-state index contributed by atoms with van der Waals surface area (Å²) in [6, 6.07) is 6.16. The molecule has 0 atom stereocenters. The van der Waals surface area contributed by atoms with Crippen LogP contribution >= 0.6 is 0 Å². The molecule has 126 valence electrons. The van der Waals surface area contributed by atoms with Crippen molar-refractivity contribution in [2.45, 2.75) is 13.3 Å². The summed E-state index contributed by atoms with van der Waals surface area (Å²) in [7, 11) is 0. The van der Waals surface area contributed by atoms with Crippen molar-refractivity contribution in [1.29, 1.82) is 0 Å². The maximum absolute atomic E-state index is 13.4. The summed E-state index contributed by atoms with van der Waals surface area (Å²) in [6.07, 6.45) is 4.12. The highest BCUT2D eigenvalue weighted by molar-refractivity contribution is 5.95. The molecule has 1 aliphatic heterocycles. The Bertz CT molecular complexity index is 743. The number of rotatable bonds is 2. The lowest BCUT2D eigenvalue weighted by atomic mass is 10.1. The number of carbonyl (C=O) groups excluding carboxylic acids is 2. The van der Waals surface area contributed by atoms with E-state index >= 15 is 0 Å².